The van der Waals surface area contributed by atoms with Gasteiger partial charge in [0.15, 0.2) is 29.2 Å². The molecule has 2 heterocycles. The molecule has 0 amide bonds. The van der Waals surface area contributed by atoms with E-state index in [1.165, 1.54) is 21.3 Å². The molecule has 2 aromatic heterocycles. The average molecular weight is 989 g/mol. The van der Waals surface area contributed by atoms with Crippen molar-refractivity contribution >= 4 is 17.9 Å². The molecule has 0 saturated carbocycles. The molecular weight excluding hydrogens is 917 g/mol. The predicted molar refractivity (Wildman–Crippen MR) is 275 cm³/mol. The van der Waals surface area contributed by atoms with E-state index in [9.17, 15) is 24.0 Å². The number of carbonyl (C=O) groups is 3. The van der Waals surface area contributed by atoms with E-state index in [0.29, 0.717) is 80.4 Å². The monoisotopic (exact) mass is 988 g/mol. The van der Waals surface area contributed by atoms with E-state index in [1.807, 2.05) is 71.0 Å². The lowest BCUT2D eigenvalue weighted by Crippen LogP contribution is -2.42. The summed E-state index contributed by atoms with van der Waals surface area (Å²) in [5.74, 6) is -3.17. The van der Waals surface area contributed by atoms with E-state index in [0.717, 1.165) is 0 Å². The van der Waals surface area contributed by atoms with E-state index in [4.69, 9.17) is 37.3 Å². The third-order valence-electron chi connectivity index (χ3n) is 13.7. The highest BCUT2D eigenvalue weighted by Gasteiger charge is 2.41. The van der Waals surface area contributed by atoms with Crippen LogP contribution in [0.1, 0.15) is 153 Å². The Bertz CT molecular complexity index is 2760. The largest absolute Gasteiger partial charge is 0.465 e. The highest BCUT2D eigenvalue weighted by atomic mass is 16.6. The molecular formula is C59H72O13. The number of benzene rings is 3. The zero-order valence-corrected chi connectivity index (χ0v) is 44.2. The van der Waals surface area contributed by atoms with Crippen LogP contribution in [-0.2, 0) is 49.2 Å². The molecule has 0 aliphatic heterocycles. The van der Waals surface area contributed by atoms with E-state index < -0.39 is 78.2 Å². The summed E-state index contributed by atoms with van der Waals surface area (Å²) in [6, 6.07) is 26.9. The fraction of sp³-hybridized carbons (Fsp3) is 0.441. The molecule has 386 valence electrons. The average Bonchev–Trinajstić information content (AvgIpc) is 3.38. The van der Waals surface area contributed by atoms with Crippen LogP contribution in [0.3, 0.4) is 0 Å². The predicted octanol–water partition coefficient (Wildman–Crippen LogP) is 11.3. The van der Waals surface area contributed by atoms with Crippen LogP contribution in [0.25, 0.3) is 0 Å². The fourth-order valence-corrected chi connectivity index (χ4v) is 9.68. The summed E-state index contributed by atoms with van der Waals surface area (Å²) in [7, 11) is 4.28. The summed E-state index contributed by atoms with van der Waals surface area (Å²) in [6.45, 7) is 19.7. The van der Waals surface area contributed by atoms with Crippen LogP contribution < -0.4 is 10.9 Å². The van der Waals surface area contributed by atoms with Crippen molar-refractivity contribution in [3.63, 3.8) is 0 Å². The molecule has 0 fully saturated rings. The second kappa shape index (κ2) is 25.8. The number of carbonyl (C=O) groups excluding carboxylic acids is 3. The first-order chi connectivity index (χ1) is 34.3. The van der Waals surface area contributed by atoms with Gasteiger partial charge in [0.2, 0.25) is 0 Å². The molecule has 0 spiro atoms. The normalized spacial score (nSPS) is 16.0. The van der Waals surface area contributed by atoms with Crippen LogP contribution in [0.5, 0.6) is 0 Å². The zero-order valence-electron chi connectivity index (χ0n) is 44.2. The number of methoxy groups -OCH3 is 3. The summed E-state index contributed by atoms with van der Waals surface area (Å²) in [6.07, 6.45) is -3.37. The Kier molecular flexibility index (Phi) is 20.3. The van der Waals surface area contributed by atoms with Crippen molar-refractivity contribution in [2.45, 2.75) is 143 Å². The lowest BCUT2D eigenvalue weighted by molar-refractivity contribution is -0.173. The number of aryl methyl sites for hydroxylation is 1. The standard InChI is InChI=1S/C59H72O13/c1-15-45-35(5)47(60)38(8)52(68-45)41(11)53(72-59(64)56(67-14)44-30-24-19-25-31-44)40(10)50(71-58(63)55(66-13)43-28-22-18-23-29-43)34(4)32-33(3)49-37(7)48(61)39(9)51(70-49)36(6)46(16-2)69-57(62)54(65-12)42-26-20-17-21-27-42/h17-33,36,40-41,46,50,53-56H,15-16H2,1-14H3/b34-32+/t33-,36-,40-,41-,46-,50-,53+,54-,55-,56-/m0/s1. The van der Waals surface area contributed by atoms with Crippen LogP contribution in [0.4, 0.5) is 0 Å². The summed E-state index contributed by atoms with van der Waals surface area (Å²) >= 11 is 0. The first kappa shape index (κ1) is 56.5. The molecule has 13 heteroatoms. The van der Waals surface area contributed by atoms with E-state index >= 15 is 0 Å². The Morgan fingerprint density at radius 3 is 1.38 bits per heavy atom. The summed E-state index contributed by atoms with van der Waals surface area (Å²) in [5, 5.41) is 0. The summed E-state index contributed by atoms with van der Waals surface area (Å²) in [5.41, 5.74) is 3.50. The van der Waals surface area contributed by atoms with Crippen molar-refractivity contribution in [2.75, 3.05) is 21.3 Å². The minimum Gasteiger partial charge on any atom is -0.465 e. The van der Waals surface area contributed by atoms with Crippen molar-refractivity contribution in [3.05, 3.63) is 185 Å². The maximum Gasteiger partial charge on any atom is 0.340 e. The first-order valence-electron chi connectivity index (χ1n) is 24.6. The van der Waals surface area contributed by atoms with Gasteiger partial charge in [-0.1, -0.05) is 139 Å². The second-order valence-corrected chi connectivity index (χ2v) is 18.6. The molecule has 0 saturated heterocycles. The zero-order chi connectivity index (χ0) is 53.0. The van der Waals surface area contributed by atoms with Gasteiger partial charge in [-0.05, 0) is 63.3 Å². The molecule has 0 bridgehead atoms. The van der Waals surface area contributed by atoms with Gasteiger partial charge in [0.1, 0.15) is 41.4 Å². The van der Waals surface area contributed by atoms with E-state index in [1.54, 1.807) is 102 Å². The van der Waals surface area contributed by atoms with Gasteiger partial charge in [0.25, 0.3) is 0 Å². The molecule has 3 aromatic carbocycles. The number of hydrogen-bond donors (Lipinski definition) is 0. The van der Waals surface area contributed by atoms with Gasteiger partial charge in [0, 0.05) is 61.8 Å². The molecule has 0 aliphatic rings. The number of hydrogen-bond acceptors (Lipinski definition) is 13. The third-order valence-corrected chi connectivity index (χ3v) is 13.7. The minimum absolute atomic E-state index is 0.186. The lowest BCUT2D eigenvalue weighted by atomic mass is 9.83. The fourth-order valence-electron chi connectivity index (χ4n) is 9.68. The van der Waals surface area contributed by atoms with Gasteiger partial charge in [-0.15, -0.1) is 0 Å². The van der Waals surface area contributed by atoms with Gasteiger partial charge in [-0.2, -0.15) is 0 Å². The minimum atomic E-state index is -1.13. The van der Waals surface area contributed by atoms with Crippen LogP contribution in [0.15, 0.2) is 121 Å². The smallest absolute Gasteiger partial charge is 0.340 e. The summed E-state index contributed by atoms with van der Waals surface area (Å²) < 4.78 is 49.4. The summed E-state index contributed by atoms with van der Waals surface area (Å²) in [4.78, 5) is 70.4. The number of esters is 3. The maximum absolute atomic E-state index is 14.5. The Morgan fingerprint density at radius 2 is 0.944 bits per heavy atom. The molecule has 0 radical (unpaired) electrons. The van der Waals surface area contributed by atoms with Crippen LogP contribution in [0.2, 0.25) is 0 Å². The van der Waals surface area contributed by atoms with Crippen molar-refractivity contribution in [1.29, 1.82) is 0 Å². The molecule has 5 aromatic rings. The number of rotatable bonds is 23. The van der Waals surface area contributed by atoms with Crippen LogP contribution in [-0.4, -0.2) is 57.5 Å². The highest BCUT2D eigenvalue weighted by Crippen LogP contribution is 2.38. The van der Waals surface area contributed by atoms with Gasteiger partial charge >= 0.3 is 17.9 Å². The van der Waals surface area contributed by atoms with Crippen molar-refractivity contribution in [1.82, 2.24) is 0 Å². The molecule has 5 rings (SSSR count). The van der Waals surface area contributed by atoms with Crippen LogP contribution >= 0.6 is 0 Å². The molecule has 0 unspecified atom stereocenters. The van der Waals surface area contributed by atoms with Crippen molar-refractivity contribution in [3.8, 4) is 0 Å². The molecule has 0 aliphatic carbocycles. The quantitative estimate of drug-likeness (QED) is 0.0345. The number of ether oxygens (including phenoxy) is 6. The SMILES string of the molecule is CCc1oc([C@H](C)[C@H](OC(=O)[C@@H](OC)c2ccccc2)[C@@H](C)[C@@H](OC(=O)[C@@H](OC)c2ccccc2)/C(C)=C/[C@H](C)c2oc([C@@H](C)[C@H](CC)OC(=O)[C@@H](OC)c3ccccc3)c(C)c(=O)c2C)c(C)c(=O)c1C. The molecule has 72 heavy (non-hydrogen) atoms. The van der Waals surface area contributed by atoms with Gasteiger partial charge in [-0.3, -0.25) is 9.59 Å². The number of allylic oxidation sites excluding steroid dienone is 1. The highest BCUT2D eigenvalue weighted by molar-refractivity contribution is 5.78. The van der Waals surface area contributed by atoms with Gasteiger partial charge in [0.05, 0.1) is 11.8 Å². The first-order valence-corrected chi connectivity index (χ1v) is 24.6. The van der Waals surface area contributed by atoms with Gasteiger partial charge in [-0.25, -0.2) is 14.4 Å². The Balaban J connectivity index is 1.63. The third kappa shape index (κ3) is 12.8. The maximum atomic E-state index is 14.5. The van der Waals surface area contributed by atoms with Crippen molar-refractivity contribution in [2.24, 2.45) is 5.92 Å². The molecule has 13 nitrogen and oxygen atoms in total. The Labute approximate surface area is 423 Å². The Hall–Kier alpha value is -6.41. The van der Waals surface area contributed by atoms with Gasteiger partial charge < -0.3 is 37.3 Å². The second-order valence-electron chi connectivity index (χ2n) is 18.6. The molecule has 10 atom stereocenters. The van der Waals surface area contributed by atoms with E-state index in [2.05, 4.69) is 0 Å². The molecule has 0 N–H and O–H groups in total. The Morgan fingerprint density at radius 1 is 0.542 bits per heavy atom. The van der Waals surface area contributed by atoms with E-state index in [-0.39, 0.29) is 10.9 Å². The topological polar surface area (TPSA) is 167 Å². The van der Waals surface area contributed by atoms with Crippen molar-refractivity contribution < 1.29 is 51.6 Å². The lowest BCUT2D eigenvalue weighted by Gasteiger charge is -2.36. The van der Waals surface area contributed by atoms with Crippen LogP contribution in [0, 0.1) is 33.6 Å².